The Kier molecular flexibility index (Phi) is 9.70. The van der Waals surface area contributed by atoms with E-state index in [0.717, 1.165) is 80.5 Å². The smallest absolute Gasteiger partial charge is 0.408 e. The number of allylic oxidation sites excluding steroid dienone is 1. The van der Waals surface area contributed by atoms with Crippen molar-refractivity contribution >= 4 is 23.2 Å². The second kappa shape index (κ2) is 13.5. The Morgan fingerprint density at radius 3 is 2.70 bits per heavy atom. The molecule has 1 N–H and O–H groups in total. The minimum absolute atomic E-state index is 0.0822. The van der Waals surface area contributed by atoms with E-state index in [9.17, 15) is 14.3 Å². The topological polar surface area (TPSA) is 61.6 Å². The lowest BCUT2D eigenvalue weighted by molar-refractivity contribution is 0.0416. The molecule has 2 aromatic carbocycles. The van der Waals surface area contributed by atoms with Crippen LogP contribution < -0.4 is 0 Å². The fraction of sp³-hybridized carbons (Fsp3) is 0.500. The summed E-state index contributed by atoms with van der Waals surface area (Å²) >= 11 is 0. The molecule has 0 radical (unpaired) electrons. The van der Waals surface area contributed by atoms with E-state index in [0.29, 0.717) is 6.42 Å². The Balaban J connectivity index is 1.29. The predicted molar refractivity (Wildman–Crippen MR) is 173 cm³/mol. The van der Waals surface area contributed by atoms with Crippen molar-refractivity contribution in [1.82, 2.24) is 19.4 Å². The van der Waals surface area contributed by atoms with Crippen LogP contribution in [0.15, 0.2) is 60.7 Å². The van der Waals surface area contributed by atoms with Crippen molar-refractivity contribution in [3.63, 3.8) is 0 Å². The Morgan fingerprint density at radius 2 is 1.98 bits per heavy atom. The van der Waals surface area contributed by atoms with Crippen LogP contribution in [0.4, 0.5) is 9.18 Å². The molecule has 7 heteroatoms. The average molecular weight is 587 g/mol. The van der Waals surface area contributed by atoms with E-state index in [1.165, 1.54) is 11.6 Å². The van der Waals surface area contributed by atoms with Gasteiger partial charge in [-0.3, -0.25) is 4.90 Å². The Morgan fingerprint density at radius 1 is 1.16 bits per heavy atom. The lowest BCUT2D eigenvalue weighted by Gasteiger charge is -2.52. The molecule has 3 atom stereocenters. The van der Waals surface area contributed by atoms with Gasteiger partial charge in [0.15, 0.2) is 0 Å². The van der Waals surface area contributed by atoms with Crippen LogP contribution in [-0.4, -0.2) is 62.3 Å². The molecule has 0 saturated carbocycles. The third-order valence-corrected chi connectivity index (χ3v) is 9.57. The first kappa shape index (κ1) is 31.0. The summed E-state index contributed by atoms with van der Waals surface area (Å²) in [4.78, 5) is 22.0. The number of unbranched alkanes of at least 4 members (excludes halogenated alkanes) is 2. The van der Waals surface area contributed by atoms with E-state index in [2.05, 4.69) is 73.8 Å². The van der Waals surface area contributed by atoms with Crippen LogP contribution in [0, 0.1) is 11.7 Å². The first-order valence-electron chi connectivity index (χ1n) is 16.0. The van der Waals surface area contributed by atoms with E-state index in [1.54, 1.807) is 11.0 Å². The van der Waals surface area contributed by atoms with Gasteiger partial charge >= 0.3 is 6.09 Å². The second-order valence-electron chi connectivity index (χ2n) is 12.8. The number of nitrogens with zero attached hydrogens (tertiary/aromatic N) is 4. The van der Waals surface area contributed by atoms with Crippen LogP contribution in [0.25, 0.3) is 17.1 Å². The van der Waals surface area contributed by atoms with Crippen molar-refractivity contribution in [1.29, 1.82) is 0 Å². The molecular weight excluding hydrogens is 539 g/mol. The maximum Gasteiger partial charge on any atom is 0.408 e. The molecule has 43 heavy (non-hydrogen) atoms. The van der Waals surface area contributed by atoms with Gasteiger partial charge in [-0.1, -0.05) is 62.8 Å². The SMILES string of the molecule is CC(C)C1c2ccc(F)cc2C=C[C@]1(CCN(C)CCCCCc1nc2ccccc2n1C)N(C(=O)O)[C@@H]1C=CCCC1. The van der Waals surface area contributed by atoms with E-state index < -0.39 is 11.6 Å². The van der Waals surface area contributed by atoms with Gasteiger partial charge in [-0.25, -0.2) is 14.2 Å². The molecule has 0 aliphatic heterocycles. The van der Waals surface area contributed by atoms with Crippen LogP contribution in [-0.2, 0) is 13.5 Å². The quantitative estimate of drug-likeness (QED) is 0.172. The van der Waals surface area contributed by atoms with Gasteiger partial charge < -0.3 is 14.6 Å². The van der Waals surface area contributed by atoms with Crippen molar-refractivity contribution in [3.8, 4) is 0 Å². The summed E-state index contributed by atoms with van der Waals surface area (Å²) in [6, 6.07) is 13.1. The summed E-state index contributed by atoms with van der Waals surface area (Å²) in [5, 5.41) is 10.7. The number of aromatic nitrogens is 2. The first-order chi connectivity index (χ1) is 20.7. The number of benzene rings is 2. The summed E-state index contributed by atoms with van der Waals surface area (Å²) in [5.74, 6) is 0.948. The summed E-state index contributed by atoms with van der Waals surface area (Å²) in [7, 11) is 4.24. The van der Waals surface area contributed by atoms with E-state index >= 15 is 0 Å². The number of halogens is 1. The van der Waals surface area contributed by atoms with Gasteiger partial charge in [0.05, 0.1) is 22.6 Å². The van der Waals surface area contributed by atoms with Crippen LogP contribution >= 0.6 is 0 Å². The number of hydrogen-bond acceptors (Lipinski definition) is 3. The average Bonchev–Trinajstić information content (AvgIpc) is 3.31. The van der Waals surface area contributed by atoms with E-state index in [1.807, 2.05) is 18.2 Å². The van der Waals surface area contributed by atoms with Crippen molar-refractivity contribution < 1.29 is 14.3 Å². The molecule has 230 valence electrons. The van der Waals surface area contributed by atoms with Crippen molar-refractivity contribution in [2.45, 2.75) is 82.7 Å². The van der Waals surface area contributed by atoms with Gasteiger partial charge in [0.2, 0.25) is 0 Å². The molecule has 2 aliphatic rings. The highest BCUT2D eigenvalue weighted by atomic mass is 19.1. The molecule has 1 unspecified atom stereocenters. The van der Waals surface area contributed by atoms with Crippen LogP contribution in [0.2, 0.25) is 0 Å². The first-order valence-corrected chi connectivity index (χ1v) is 16.0. The predicted octanol–water partition coefficient (Wildman–Crippen LogP) is 8.04. The Hall–Kier alpha value is -3.45. The zero-order valence-electron chi connectivity index (χ0n) is 26.2. The summed E-state index contributed by atoms with van der Waals surface area (Å²) in [5.41, 5.74) is 3.39. The van der Waals surface area contributed by atoms with Gasteiger partial charge in [-0.05, 0) is 93.4 Å². The number of hydrogen-bond donors (Lipinski definition) is 1. The molecule has 2 aliphatic carbocycles. The molecule has 0 saturated heterocycles. The lowest BCUT2D eigenvalue weighted by Crippen LogP contribution is -2.60. The molecule has 1 heterocycles. The molecule has 0 bridgehead atoms. The number of aryl methyl sites for hydroxylation is 2. The monoisotopic (exact) mass is 586 g/mol. The van der Waals surface area contributed by atoms with Crippen molar-refractivity contribution in [3.05, 3.63) is 83.5 Å². The number of carboxylic acid groups (broad SMARTS) is 1. The van der Waals surface area contributed by atoms with Crippen molar-refractivity contribution in [2.24, 2.45) is 13.0 Å². The molecule has 1 amide bonds. The van der Waals surface area contributed by atoms with Crippen LogP contribution in [0.5, 0.6) is 0 Å². The van der Waals surface area contributed by atoms with Gasteiger partial charge in [0, 0.05) is 25.9 Å². The normalized spacial score (nSPS) is 21.6. The number of carbonyl (C=O) groups is 1. The molecule has 5 rings (SSSR count). The zero-order chi connectivity index (χ0) is 30.6. The van der Waals surface area contributed by atoms with Gasteiger partial charge in [-0.15, -0.1) is 0 Å². The minimum atomic E-state index is -0.887. The molecule has 3 aromatic rings. The van der Waals surface area contributed by atoms with Crippen LogP contribution in [0.3, 0.4) is 0 Å². The highest BCUT2D eigenvalue weighted by Gasteiger charge is 2.50. The fourth-order valence-corrected chi connectivity index (χ4v) is 7.49. The molecule has 1 aromatic heterocycles. The molecule has 0 spiro atoms. The highest BCUT2D eigenvalue weighted by Crippen LogP contribution is 2.49. The largest absolute Gasteiger partial charge is 0.465 e. The number of imidazole rings is 1. The van der Waals surface area contributed by atoms with Gasteiger partial charge in [0.1, 0.15) is 11.6 Å². The zero-order valence-corrected chi connectivity index (χ0v) is 26.2. The van der Waals surface area contributed by atoms with Gasteiger partial charge in [0.25, 0.3) is 0 Å². The fourth-order valence-electron chi connectivity index (χ4n) is 7.49. The highest BCUT2D eigenvalue weighted by molar-refractivity contribution is 5.75. The minimum Gasteiger partial charge on any atom is -0.465 e. The standard InChI is InChI=1S/C36H47FN4O2/c1-26(2)34-30-19-18-28(37)25-27(30)20-21-36(34,41(35(42)43)29-13-7-5-8-14-29)22-24-39(3)23-12-6-9-17-33-38-31-15-10-11-16-32(31)40(33)4/h7,10-11,13,15-16,18-21,25-26,29,34H,5-6,8-9,12,14,17,22-24H2,1-4H3,(H,42,43)/t29-,34?,36-/m1/s1. The lowest BCUT2D eigenvalue weighted by atomic mass is 9.65. The molecule has 0 fully saturated rings. The van der Waals surface area contributed by atoms with E-state index in [-0.39, 0.29) is 23.7 Å². The summed E-state index contributed by atoms with van der Waals surface area (Å²) in [6.07, 6.45) is 15.1. The van der Waals surface area contributed by atoms with Gasteiger partial charge in [-0.2, -0.15) is 0 Å². The number of rotatable bonds is 12. The summed E-state index contributed by atoms with van der Waals surface area (Å²) in [6.45, 7) is 6.05. The number of fused-ring (bicyclic) bond motifs is 2. The second-order valence-corrected chi connectivity index (χ2v) is 12.8. The van der Waals surface area contributed by atoms with Crippen molar-refractivity contribution in [2.75, 3.05) is 20.1 Å². The number of amides is 1. The third kappa shape index (κ3) is 6.57. The molecular formula is C36H47FN4O2. The Labute approximate surface area is 255 Å². The number of para-hydroxylation sites is 2. The third-order valence-electron chi connectivity index (χ3n) is 9.57. The van der Waals surface area contributed by atoms with E-state index in [4.69, 9.17) is 4.98 Å². The molecule has 6 nitrogen and oxygen atoms in total. The Bertz CT molecular complexity index is 1480. The maximum absolute atomic E-state index is 14.2. The maximum atomic E-state index is 14.2. The van der Waals surface area contributed by atoms with Crippen LogP contribution in [0.1, 0.15) is 81.7 Å². The summed E-state index contributed by atoms with van der Waals surface area (Å²) < 4.78 is 16.4.